The van der Waals surface area contributed by atoms with Gasteiger partial charge in [0.25, 0.3) is 0 Å². The molecule has 2 rings (SSSR count). The van der Waals surface area contributed by atoms with Gasteiger partial charge in [0.2, 0.25) is 0 Å². The summed E-state index contributed by atoms with van der Waals surface area (Å²) in [5.41, 5.74) is 0.188. The molecule has 1 unspecified atom stereocenters. The van der Waals surface area contributed by atoms with Gasteiger partial charge in [-0.1, -0.05) is 42.4 Å². The highest BCUT2D eigenvalue weighted by Gasteiger charge is 2.35. The Labute approximate surface area is 125 Å². The number of rotatable bonds is 6. The largest absolute Gasteiger partial charge is 0.381 e. The van der Waals surface area contributed by atoms with E-state index in [2.05, 4.69) is 29.5 Å². The van der Waals surface area contributed by atoms with Crippen molar-refractivity contribution in [2.75, 3.05) is 24.2 Å². The third-order valence-electron chi connectivity index (χ3n) is 4.61. The summed E-state index contributed by atoms with van der Waals surface area (Å²) in [4.78, 5) is 0. The number of alkyl halides is 1. The van der Waals surface area contributed by atoms with Crippen LogP contribution < -0.4 is 0 Å². The predicted molar refractivity (Wildman–Crippen MR) is 83.4 cm³/mol. The molecule has 0 bridgehead atoms. The van der Waals surface area contributed by atoms with Crippen molar-refractivity contribution >= 4 is 22.6 Å². The van der Waals surface area contributed by atoms with Crippen LogP contribution in [-0.2, 0) is 9.47 Å². The first-order valence-electron chi connectivity index (χ1n) is 7.55. The number of ether oxygens (including phenoxy) is 2. The van der Waals surface area contributed by atoms with E-state index in [4.69, 9.17) is 9.47 Å². The Kier molecular flexibility index (Phi) is 6.22. The van der Waals surface area contributed by atoms with Crippen molar-refractivity contribution in [1.29, 1.82) is 0 Å². The van der Waals surface area contributed by atoms with Gasteiger partial charge in [0.05, 0.1) is 18.8 Å². The molecule has 0 aromatic heterocycles. The average molecular weight is 366 g/mol. The molecule has 2 fully saturated rings. The van der Waals surface area contributed by atoms with Gasteiger partial charge in [-0.15, -0.1) is 0 Å². The van der Waals surface area contributed by atoms with Gasteiger partial charge >= 0.3 is 0 Å². The van der Waals surface area contributed by atoms with E-state index in [1.54, 1.807) is 0 Å². The van der Waals surface area contributed by atoms with E-state index in [0.29, 0.717) is 5.92 Å². The molecule has 1 atom stereocenters. The first-order valence-corrected chi connectivity index (χ1v) is 9.08. The Bertz CT molecular complexity index is 231. The molecule has 106 valence electrons. The summed E-state index contributed by atoms with van der Waals surface area (Å²) in [7, 11) is 0. The molecule has 1 saturated carbocycles. The van der Waals surface area contributed by atoms with Crippen molar-refractivity contribution in [2.24, 2.45) is 11.8 Å². The summed E-state index contributed by atoms with van der Waals surface area (Å²) in [6.45, 7) is 5.07. The molecular formula is C15H27IO2. The highest BCUT2D eigenvalue weighted by Crippen LogP contribution is 2.38. The van der Waals surface area contributed by atoms with Gasteiger partial charge in [-0.2, -0.15) is 0 Å². The zero-order chi connectivity index (χ0) is 12.8. The Morgan fingerprint density at radius 2 is 2.00 bits per heavy atom. The Balaban J connectivity index is 1.76. The maximum absolute atomic E-state index is 6.34. The maximum atomic E-state index is 6.34. The second-order valence-electron chi connectivity index (χ2n) is 6.09. The van der Waals surface area contributed by atoms with Crippen molar-refractivity contribution in [2.45, 2.75) is 57.5 Å². The van der Waals surface area contributed by atoms with Gasteiger partial charge in [0.15, 0.2) is 0 Å². The van der Waals surface area contributed by atoms with Crippen LogP contribution in [0.5, 0.6) is 0 Å². The molecule has 1 saturated heterocycles. The van der Waals surface area contributed by atoms with E-state index in [9.17, 15) is 0 Å². The van der Waals surface area contributed by atoms with Crippen LogP contribution in [0.2, 0.25) is 0 Å². The summed E-state index contributed by atoms with van der Waals surface area (Å²) in [5.74, 6) is 1.61. The van der Waals surface area contributed by atoms with Crippen molar-refractivity contribution < 1.29 is 9.47 Å². The Hall–Kier alpha value is 0.650. The summed E-state index contributed by atoms with van der Waals surface area (Å²) in [6.07, 6.45) is 9.23. The lowest BCUT2D eigenvalue weighted by atomic mass is 9.78. The van der Waals surface area contributed by atoms with Gasteiger partial charge in [-0.3, -0.25) is 0 Å². The van der Waals surface area contributed by atoms with E-state index in [1.165, 1.54) is 44.9 Å². The number of hydrogen-bond acceptors (Lipinski definition) is 2. The molecule has 0 radical (unpaired) electrons. The first-order chi connectivity index (χ1) is 8.78. The minimum atomic E-state index is 0.188. The highest BCUT2D eigenvalue weighted by atomic mass is 127. The Morgan fingerprint density at radius 3 is 2.56 bits per heavy atom. The molecule has 0 aromatic carbocycles. The topological polar surface area (TPSA) is 18.5 Å². The van der Waals surface area contributed by atoms with Crippen LogP contribution in [0.25, 0.3) is 0 Å². The lowest BCUT2D eigenvalue weighted by molar-refractivity contribution is -0.0730. The van der Waals surface area contributed by atoms with Gasteiger partial charge in [-0.25, -0.2) is 0 Å². The van der Waals surface area contributed by atoms with E-state index in [1.807, 2.05) is 0 Å². The molecule has 0 N–H and O–H groups in total. The third-order valence-corrected chi connectivity index (χ3v) is 6.00. The zero-order valence-electron chi connectivity index (χ0n) is 11.6. The standard InChI is InChI=1S/C15H27IO2/c1-2-3-13-4-7-15(12-16,8-5-13)18-11-14-6-9-17-10-14/h13-14H,2-12H2,1H3. The number of hydrogen-bond donors (Lipinski definition) is 0. The fourth-order valence-corrected chi connectivity index (χ4v) is 4.21. The SMILES string of the molecule is CCCC1CCC(CI)(OCC2CCOC2)CC1. The van der Waals surface area contributed by atoms with Crippen LogP contribution in [0.4, 0.5) is 0 Å². The molecule has 0 spiro atoms. The molecule has 3 heteroatoms. The second kappa shape index (κ2) is 7.44. The average Bonchev–Trinajstić information content (AvgIpc) is 2.92. The molecule has 18 heavy (non-hydrogen) atoms. The quantitative estimate of drug-likeness (QED) is 0.518. The predicted octanol–water partition coefficient (Wildman–Crippen LogP) is 4.20. The van der Waals surface area contributed by atoms with Gasteiger partial charge in [0, 0.05) is 17.0 Å². The second-order valence-corrected chi connectivity index (χ2v) is 6.85. The molecule has 0 aromatic rings. The van der Waals surface area contributed by atoms with Crippen LogP contribution in [-0.4, -0.2) is 29.8 Å². The maximum Gasteiger partial charge on any atom is 0.0771 e. The van der Waals surface area contributed by atoms with Crippen LogP contribution >= 0.6 is 22.6 Å². The molecular weight excluding hydrogens is 339 g/mol. The van der Waals surface area contributed by atoms with E-state index in [0.717, 1.165) is 30.2 Å². The fraction of sp³-hybridized carbons (Fsp3) is 1.00. The molecule has 1 heterocycles. The molecule has 2 aliphatic rings. The number of halogens is 1. The van der Waals surface area contributed by atoms with E-state index in [-0.39, 0.29) is 5.60 Å². The van der Waals surface area contributed by atoms with Gasteiger partial charge in [0.1, 0.15) is 0 Å². The van der Waals surface area contributed by atoms with Gasteiger partial charge < -0.3 is 9.47 Å². The summed E-state index contributed by atoms with van der Waals surface area (Å²) >= 11 is 2.52. The third kappa shape index (κ3) is 4.07. The van der Waals surface area contributed by atoms with Gasteiger partial charge in [-0.05, 0) is 38.0 Å². The molecule has 1 aliphatic heterocycles. The van der Waals surface area contributed by atoms with Crippen LogP contribution in [0.3, 0.4) is 0 Å². The molecule has 2 nitrogen and oxygen atoms in total. The van der Waals surface area contributed by atoms with Crippen LogP contribution in [0.1, 0.15) is 51.9 Å². The normalized spacial score (nSPS) is 37.0. The summed E-state index contributed by atoms with van der Waals surface area (Å²) < 4.78 is 12.9. The van der Waals surface area contributed by atoms with Crippen molar-refractivity contribution in [1.82, 2.24) is 0 Å². The minimum Gasteiger partial charge on any atom is -0.381 e. The minimum absolute atomic E-state index is 0.188. The summed E-state index contributed by atoms with van der Waals surface area (Å²) in [5, 5.41) is 0. The van der Waals surface area contributed by atoms with Crippen LogP contribution in [0.15, 0.2) is 0 Å². The van der Waals surface area contributed by atoms with Crippen molar-refractivity contribution in [3.63, 3.8) is 0 Å². The lowest BCUT2D eigenvalue weighted by Crippen LogP contribution is -2.40. The van der Waals surface area contributed by atoms with Crippen molar-refractivity contribution in [3.8, 4) is 0 Å². The molecule has 0 amide bonds. The smallest absolute Gasteiger partial charge is 0.0771 e. The monoisotopic (exact) mass is 366 g/mol. The Morgan fingerprint density at radius 1 is 1.22 bits per heavy atom. The zero-order valence-corrected chi connectivity index (χ0v) is 13.8. The lowest BCUT2D eigenvalue weighted by Gasteiger charge is -2.39. The van der Waals surface area contributed by atoms with E-state index >= 15 is 0 Å². The molecule has 1 aliphatic carbocycles. The summed E-state index contributed by atoms with van der Waals surface area (Å²) in [6, 6.07) is 0. The van der Waals surface area contributed by atoms with Crippen LogP contribution in [0, 0.1) is 11.8 Å². The van der Waals surface area contributed by atoms with Crippen molar-refractivity contribution in [3.05, 3.63) is 0 Å². The first kappa shape index (κ1) is 15.0. The fourth-order valence-electron chi connectivity index (χ4n) is 3.23. The van der Waals surface area contributed by atoms with E-state index < -0.39 is 0 Å². The highest BCUT2D eigenvalue weighted by molar-refractivity contribution is 14.1.